The number of anilines is 2. The molecule has 1 aliphatic heterocycles. The second kappa shape index (κ2) is 5.01. The van der Waals surface area contributed by atoms with Gasteiger partial charge in [-0.25, -0.2) is 9.97 Å². The number of ether oxygens (including phenoxy) is 1. The van der Waals surface area contributed by atoms with E-state index in [2.05, 4.69) is 30.8 Å². The van der Waals surface area contributed by atoms with Crippen LogP contribution in [0.15, 0.2) is 10.8 Å². The zero-order valence-corrected chi connectivity index (χ0v) is 11.8. The van der Waals surface area contributed by atoms with Crippen LogP contribution in [0.3, 0.4) is 0 Å². The molecule has 1 aliphatic carbocycles. The predicted octanol–water partition coefficient (Wildman–Crippen LogP) is 1.97. The van der Waals surface area contributed by atoms with Gasteiger partial charge in [-0.2, -0.15) is 0 Å². The standard InChI is InChI=1S/C12H17BrN4O/c13-10-11(14)15-7-16-12(10)17-5-6-18-9-4-2-1-3-8(9)17/h7-9H,1-6H2,(H2,14,15,16). The molecule has 98 valence electrons. The van der Waals surface area contributed by atoms with Crippen LogP contribution in [0.5, 0.6) is 0 Å². The van der Waals surface area contributed by atoms with E-state index in [1.807, 2.05) is 0 Å². The fourth-order valence-electron chi connectivity index (χ4n) is 2.93. The first kappa shape index (κ1) is 12.2. The molecular formula is C12H17BrN4O. The lowest BCUT2D eigenvalue weighted by atomic mass is 9.90. The topological polar surface area (TPSA) is 64.3 Å². The Bertz CT molecular complexity index is 440. The number of morpholine rings is 1. The van der Waals surface area contributed by atoms with Gasteiger partial charge in [0.1, 0.15) is 22.4 Å². The SMILES string of the molecule is Nc1ncnc(N2CCOC3CCCCC32)c1Br. The molecule has 0 radical (unpaired) electrons. The van der Waals surface area contributed by atoms with Crippen LogP contribution in [0.2, 0.25) is 0 Å². The molecule has 1 saturated carbocycles. The van der Waals surface area contributed by atoms with Crippen molar-refractivity contribution < 1.29 is 4.74 Å². The van der Waals surface area contributed by atoms with E-state index in [1.54, 1.807) is 0 Å². The fraction of sp³-hybridized carbons (Fsp3) is 0.667. The highest BCUT2D eigenvalue weighted by Gasteiger charge is 2.35. The summed E-state index contributed by atoms with van der Waals surface area (Å²) in [6.45, 7) is 1.63. The molecule has 2 unspecified atom stereocenters. The van der Waals surface area contributed by atoms with E-state index in [1.165, 1.54) is 25.6 Å². The quantitative estimate of drug-likeness (QED) is 0.859. The minimum absolute atomic E-state index is 0.343. The maximum Gasteiger partial charge on any atom is 0.148 e. The van der Waals surface area contributed by atoms with Crippen molar-refractivity contribution in [3.63, 3.8) is 0 Å². The van der Waals surface area contributed by atoms with Gasteiger partial charge in [0.05, 0.1) is 18.8 Å². The third-order valence-electron chi connectivity index (χ3n) is 3.80. The van der Waals surface area contributed by atoms with Crippen LogP contribution in [-0.4, -0.2) is 35.3 Å². The molecular weight excluding hydrogens is 296 g/mol. The molecule has 0 amide bonds. The Hall–Kier alpha value is -0.880. The van der Waals surface area contributed by atoms with Gasteiger partial charge in [-0.15, -0.1) is 0 Å². The second-order valence-corrected chi connectivity index (χ2v) is 5.64. The summed E-state index contributed by atoms with van der Waals surface area (Å²) in [4.78, 5) is 10.7. The first-order valence-corrected chi connectivity index (χ1v) is 7.21. The van der Waals surface area contributed by atoms with Crippen LogP contribution in [-0.2, 0) is 4.74 Å². The van der Waals surface area contributed by atoms with Gasteiger partial charge in [-0.3, -0.25) is 0 Å². The van der Waals surface area contributed by atoms with Crippen LogP contribution >= 0.6 is 15.9 Å². The number of nitrogens with two attached hydrogens (primary N) is 1. The number of rotatable bonds is 1. The molecule has 1 saturated heterocycles. The third-order valence-corrected chi connectivity index (χ3v) is 4.56. The highest BCUT2D eigenvalue weighted by molar-refractivity contribution is 9.10. The van der Waals surface area contributed by atoms with Crippen molar-refractivity contribution in [2.24, 2.45) is 0 Å². The number of nitrogen functional groups attached to an aromatic ring is 1. The maximum absolute atomic E-state index is 5.87. The molecule has 0 bridgehead atoms. The number of halogens is 1. The molecule has 2 fully saturated rings. The largest absolute Gasteiger partial charge is 0.383 e. The molecule has 1 aromatic heterocycles. The second-order valence-electron chi connectivity index (χ2n) is 4.85. The zero-order chi connectivity index (χ0) is 12.5. The van der Waals surface area contributed by atoms with Gasteiger partial charge in [0, 0.05) is 6.54 Å². The summed E-state index contributed by atoms with van der Waals surface area (Å²) in [7, 11) is 0. The Kier molecular flexibility index (Phi) is 3.39. The lowest BCUT2D eigenvalue weighted by Crippen LogP contribution is -2.53. The summed E-state index contributed by atoms with van der Waals surface area (Å²) in [5, 5.41) is 0. The van der Waals surface area contributed by atoms with Crippen molar-refractivity contribution in [1.82, 2.24) is 9.97 Å². The molecule has 3 rings (SSSR count). The Morgan fingerprint density at radius 3 is 3.06 bits per heavy atom. The summed E-state index contributed by atoms with van der Waals surface area (Å²) >= 11 is 3.50. The maximum atomic E-state index is 5.87. The van der Waals surface area contributed by atoms with E-state index in [4.69, 9.17) is 10.5 Å². The zero-order valence-electron chi connectivity index (χ0n) is 10.2. The normalized spacial score (nSPS) is 27.9. The first-order chi connectivity index (χ1) is 8.77. The van der Waals surface area contributed by atoms with Gasteiger partial charge >= 0.3 is 0 Å². The number of nitrogens with zero attached hydrogens (tertiary/aromatic N) is 3. The molecule has 5 nitrogen and oxygen atoms in total. The van der Waals surface area contributed by atoms with Crippen molar-refractivity contribution in [2.75, 3.05) is 23.8 Å². The van der Waals surface area contributed by atoms with E-state index >= 15 is 0 Å². The molecule has 2 atom stereocenters. The van der Waals surface area contributed by atoms with E-state index in [9.17, 15) is 0 Å². The van der Waals surface area contributed by atoms with Gasteiger partial charge in [0.2, 0.25) is 0 Å². The van der Waals surface area contributed by atoms with Crippen LogP contribution in [0.25, 0.3) is 0 Å². The molecule has 0 aromatic carbocycles. The third kappa shape index (κ3) is 2.07. The summed E-state index contributed by atoms with van der Waals surface area (Å²) in [5.41, 5.74) is 5.84. The number of fused-ring (bicyclic) bond motifs is 1. The highest BCUT2D eigenvalue weighted by Crippen LogP contribution is 2.35. The Labute approximate surface area is 115 Å². The summed E-state index contributed by atoms with van der Waals surface area (Å²) in [6, 6.07) is 0.429. The van der Waals surface area contributed by atoms with Crippen LogP contribution in [0.1, 0.15) is 25.7 Å². The Balaban J connectivity index is 1.92. The van der Waals surface area contributed by atoms with Gasteiger partial charge in [0.15, 0.2) is 0 Å². The molecule has 0 spiro atoms. The molecule has 18 heavy (non-hydrogen) atoms. The summed E-state index contributed by atoms with van der Waals surface area (Å²) < 4.78 is 6.67. The minimum atomic E-state index is 0.343. The predicted molar refractivity (Wildman–Crippen MR) is 73.5 cm³/mol. The van der Waals surface area contributed by atoms with E-state index < -0.39 is 0 Å². The highest BCUT2D eigenvalue weighted by atomic mass is 79.9. The molecule has 2 heterocycles. The van der Waals surface area contributed by atoms with Crippen molar-refractivity contribution in [2.45, 2.75) is 37.8 Å². The molecule has 2 aliphatic rings. The average molecular weight is 313 g/mol. The molecule has 6 heteroatoms. The minimum Gasteiger partial charge on any atom is -0.383 e. The van der Waals surface area contributed by atoms with Gasteiger partial charge in [0.25, 0.3) is 0 Å². The Morgan fingerprint density at radius 2 is 2.17 bits per heavy atom. The number of hydrogen-bond donors (Lipinski definition) is 1. The monoisotopic (exact) mass is 312 g/mol. The lowest BCUT2D eigenvalue weighted by molar-refractivity contribution is -0.00904. The smallest absolute Gasteiger partial charge is 0.148 e. The van der Waals surface area contributed by atoms with Crippen molar-refractivity contribution in [3.05, 3.63) is 10.8 Å². The summed E-state index contributed by atoms with van der Waals surface area (Å²) in [5.74, 6) is 1.40. The molecule has 1 aromatic rings. The summed E-state index contributed by atoms with van der Waals surface area (Å²) in [6.07, 6.45) is 6.72. The fourth-order valence-corrected chi connectivity index (χ4v) is 3.37. The van der Waals surface area contributed by atoms with Gasteiger partial charge in [-0.05, 0) is 28.8 Å². The van der Waals surface area contributed by atoms with Gasteiger partial charge < -0.3 is 15.4 Å². The van der Waals surface area contributed by atoms with E-state index in [0.717, 1.165) is 29.9 Å². The van der Waals surface area contributed by atoms with Crippen LogP contribution < -0.4 is 10.6 Å². The van der Waals surface area contributed by atoms with E-state index in [-0.39, 0.29) is 0 Å². The van der Waals surface area contributed by atoms with Crippen LogP contribution in [0, 0.1) is 0 Å². The number of aromatic nitrogens is 2. The van der Waals surface area contributed by atoms with Crippen molar-refractivity contribution in [3.8, 4) is 0 Å². The molecule has 2 N–H and O–H groups in total. The van der Waals surface area contributed by atoms with Crippen molar-refractivity contribution >= 4 is 27.6 Å². The first-order valence-electron chi connectivity index (χ1n) is 6.41. The Morgan fingerprint density at radius 1 is 1.33 bits per heavy atom. The average Bonchev–Trinajstić information content (AvgIpc) is 2.41. The van der Waals surface area contributed by atoms with Crippen molar-refractivity contribution in [1.29, 1.82) is 0 Å². The number of hydrogen-bond acceptors (Lipinski definition) is 5. The lowest BCUT2D eigenvalue weighted by Gasteiger charge is -2.44. The van der Waals surface area contributed by atoms with Crippen LogP contribution in [0.4, 0.5) is 11.6 Å². The van der Waals surface area contributed by atoms with Gasteiger partial charge in [-0.1, -0.05) is 12.8 Å². The van der Waals surface area contributed by atoms with E-state index in [0.29, 0.717) is 18.0 Å².